The van der Waals surface area contributed by atoms with Gasteiger partial charge in [0.15, 0.2) is 0 Å². The van der Waals surface area contributed by atoms with Crippen molar-refractivity contribution in [2.75, 3.05) is 20.2 Å². The molecule has 0 amide bonds. The molecule has 0 N–H and O–H groups in total. The molecule has 4 heteroatoms. The molecular formula is C17H27ClFNO. The molecule has 1 aliphatic carbocycles. The Bertz CT molecular complexity index is 447. The normalized spacial score (nSPS) is 17.3. The van der Waals surface area contributed by atoms with Crippen molar-refractivity contribution in [1.29, 1.82) is 0 Å². The topological polar surface area (TPSA) is 12.5 Å². The molecule has 1 aliphatic rings. The summed E-state index contributed by atoms with van der Waals surface area (Å²) in [5, 5.41) is 0. The molecule has 2 nitrogen and oxygen atoms in total. The number of rotatable bonds is 6. The molecule has 0 spiro atoms. The Kier molecular flexibility index (Phi) is 7.47. The van der Waals surface area contributed by atoms with E-state index in [-0.39, 0.29) is 18.2 Å². The SMILES string of the molecule is CCCN(CCC)C1CCc2c(F)ccc(OC)c2C1.Cl. The first kappa shape index (κ1) is 18.2. The number of ether oxygens (including phenoxy) is 1. The average molecular weight is 316 g/mol. The minimum absolute atomic E-state index is 0. The van der Waals surface area contributed by atoms with Crippen LogP contribution in [-0.4, -0.2) is 31.1 Å². The molecule has 0 bridgehead atoms. The average Bonchev–Trinajstić information content (AvgIpc) is 2.47. The van der Waals surface area contributed by atoms with E-state index in [0.29, 0.717) is 6.04 Å². The van der Waals surface area contributed by atoms with Crippen molar-refractivity contribution in [3.05, 3.63) is 29.1 Å². The number of halogens is 2. The van der Waals surface area contributed by atoms with E-state index in [1.54, 1.807) is 13.2 Å². The highest BCUT2D eigenvalue weighted by Crippen LogP contribution is 2.33. The van der Waals surface area contributed by atoms with Crippen LogP contribution in [0.4, 0.5) is 4.39 Å². The summed E-state index contributed by atoms with van der Waals surface area (Å²) in [7, 11) is 1.67. The first-order valence-electron chi connectivity index (χ1n) is 7.79. The highest BCUT2D eigenvalue weighted by molar-refractivity contribution is 5.85. The molecule has 0 radical (unpaired) electrons. The van der Waals surface area contributed by atoms with E-state index in [2.05, 4.69) is 18.7 Å². The van der Waals surface area contributed by atoms with Gasteiger partial charge in [-0.15, -0.1) is 12.4 Å². The van der Waals surface area contributed by atoms with Crippen LogP contribution in [0, 0.1) is 5.82 Å². The lowest BCUT2D eigenvalue weighted by molar-refractivity contribution is 0.178. The van der Waals surface area contributed by atoms with Gasteiger partial charge in [-0.3, -0.25) is 0 Å². The summed E-state index contributed by atoms with van der Waals surface area (Å²) in [4.78, 5) is 2.56. The molecule has 0 heterocycles. The number of benzene rings is 1. The molecule has 0 fully saturated rings. The Morgan fingerprint density at radius 2 is 1.86 bits per heavy atom. The molecular weight excluding hydrogens is 289 g/mol. The van der Waals surface area contributed by atoms with Gasteiger partial charge in [-0.1, -0.05) is 13.8 Å². The number of nitrogens with zero attached hydrogens (tertiary/aromatic N) is 1. The molecule has 1 unspecified atom stereocenters. The van der Waals surface area contributed by atoms with Crippen LogP contribution in [-0.2, 0) is 12.8 Å². The van der Waals surface area contributed by atoms with Crippen LogP contribution in [0.1, 0.15) is 44.2 Å². The predicted octanol–water partition coefficient (Wildman–Crippen LogP) is 4.24. The van der Waals surface area contributed by atoms with Crippen molar-refractivity contribution in [2.45, 2.75) is 52.0 Å². The second-order valence-corrected chi connectivity index (χ2v) is 5.64. The summed E-state index contributed by atoms with van der Waals surface area (Å²) in [5.41, 5.74) is 1.95. The maximum absolute atomic E-state index is 13.9. The van der Waals surface area contributed by atoms with Crippen molar-refractivity contribution in [3.8, 4) is 5.75 Å². The first-order chi connectivity index (χ1) is 9.71. The van der Waals surface area contributed by atoms with Crippen LogP contribution < -0.4 is 4.74 Å². The quantitative estimate of drug-likeness (QED) is 0.778. The van der Waals surface area contributed by atoms with Crippen molar-refractivity contribution >= 4 is 12.4 Å². The third-order valence-electron chi connectivity index (χ3n) is 4.26. The predicted molar refractivity (Wildman–Crippen MR) is 88.2 cm³/mol. The zero-order chi connectivity index (χ0) is 14.5. The van der Waals surface area contributed by atoms with Crippen LogP contribution in [0.3, 0.4) is 0 Å². The Labute approximate surface area is 134 Å². The lowest BCUT2D eigenvalue weighted by Gasteiger charge is -2.35. The second kappa shape index (κ2) is 8.60. The van der Waals surface area contributed by atoms with Gasteiger partial charge in [-0.2, -0.15) is 0 Å². The van der Waals surface area contributed by atoms with Gasteiger partial charge in [0.25, 0.3) is 0 Å². The lowest BCUT2D eigenvalue weighted by atomic mass is 9.86. The van der Waals surface area contributed by atoms with E-state index in [1.165, 1.54) is 18.9 Å². The van der Waals surface area contributed by atoms with Crippen molar-refractivity contribution in [2.24, 2.45) is 0 Å². The molecule has 1 atom stereocenters. The van der Waals surface area contributed by atoms with E-state index < -0.39 is 0 Å². The largest absolute Gasteiger partial charge is 0.496 e. The molecule has 0 aliphatic heterocycles. The smallest absolute Gasteiger partial charge is 0.126 e. The molecule has 0 aromatic heterocycles. The van der Waals surface area contributed by atoms with Gasteiger partial charge in [0.05, 0.1) is 7.11 Å². The van der Waals surface area contributed by atoms with Gasteiger partial charge >= 0.3 is 0 Å². The number of hydrogen-bond donors (Lipinski definition) is 0. The number of fused-ring (bicyclic) bond motifs is 1. The summed E-state index contributed by atoms with van der Waals surface area (Å²) < 4.78 is 19.4. The first-order valence-corrected chi connectivity index (χ1v) is 7.79. The summed E-state index contributed by atoms with van der Waals surface area (Å²) >= 11 is 0. The summed E-state index contributed by atoms with van der Waals surface area (Å²) in [5.74, 6) is 0.774. The van der Waals surface area contributed by atoms with E-state index in [1.807, 2.05) is 0 Å². The molecule has 21 heavy (non-hydrogen) atoms. The fourth-order valence-electron chi connectivity index (χ4n) is 3.34. The highest BCUT2D eigenvalue weighted by Gasteiger charge is 2.27. The maximum atomic E-state index is 13.9. The summed E-state index contributed by atoms with van der Waals surface area (Å²) in [6.07, 6.45) is 5.13. The zero-order valence-electron chi connectivity index (χ0n) is 13.3. The lowest BCUT2D eigenvalue weighted by Crippen LogP contribution is -2.40. The van der Waals surface area contributed by atoms with Crippen molar-refractivity contribution in [3.63, 3.8) is 0 Å². The van der Waals surface area contributed by atoms with Gasteiger partial charge in [0, 0.05) is 11.6 Å². The van der Waals surface area contributed by atoms with E-state index >= 15 is 0 Å². The molecule has 0 saturated heterocycles. The highest BCUT2D eigenvalue weighted by atomic mass is 35.5. The third-order valence-corrected chi connectivity index (χ3v) is 4.26. The fourth-order valence-corrected chi connectivity index (χ4v) is 3.34. The maximum Gasteiger partial charge on any atom is 0.126 e. The van der Waals surface area contributed by atoms with Gasteiger partial charge < -0.3 is 9.64 Å². The van der Waals surface area contributed by atoms with E-state index in [4.69, 9.17) is 4.74 Å². The minimum atomic E-state index is -0.0724. The standard InChI is InChI=1S/C17H26FNO.ClH/c1-4-10-19(11-5-2)13-6-7-14-15(12-13)17(20-3)9-8-16(14)18;/h8-9,13H,4-7,10-12H2,1-3H3;1H. The monoisotopic (exact) mass is 315 g/mol. The fraction of sp³-hybridized carbons (Fsp3) is 0.647. The van der Waals surface area contributed by atoms with Gasteiger partial charge in [-0.05, 0) is 62.9 Å². The zero-order valence-corrected chi connectivity index (χ0v) is 14.1. The van der Waals surface area contributed by atoms with E-state index in [0.717, 1.165) is 49.2 Å². The van der Waals surface area contributed by atoms with E-state index in [9.17, 15) is 4.39 Å². The number of hydrogen-bond acceptors (Lipinski definition) is 2. The summed E-state index contributed by atoms with van der Waals surface area (Å²) in [6.45, 7) is 6.70. The van der Waals surface area contributed by atoms with Crippen LogP contribution >= 0.6 is 12.4 Å². The van der Waals surface area contributed by atoms with Crippen molar-refractivity contribution in [1.82, 2.24) is 4.90 Å². The molecule has 0 saturated carbocycles. The second-order valence-electron chi connectivity index (χ2n) is 5.64. The number of methoxy groups -OCH3 is 1. The molecule has 2 rings (SSSR count). The Morgan fingerprint density at radius 1 is 1.19 bits per heavy atom. The van der Waals surface area contributed by atoms with Crippen LogP contribution in [0.25, 0.3) is 0 Å². The van der Waals surface area contributed by atoms with Gasteiger partial charge in [0.2, 0.25) is 0 Å². The Balaban J connectivity index is 0.00000220. The molecule has 1 aromatic carbocycles. The van der Waals surface area contributed by atoms with Crippen LogP contribution in [0.5, 0.6) is 5.75 Å². The molecule has 120 valence electrons. The Morgan fingerprint density at radius 3 is 2.43 bits per heavy atom. The molecule has 1 aromatic rings. The van der Waals surface area contributed by atoms with Crippen LogP contribution in [0.15, 0.2) is 12.1 Å². The third kappa shape index (κ3) is 4.10. The Hall–Kier alpha value is -0.800. The minimum Gasteiger partial charge on any atom is -0.496 e. The van der Waals surface area contributed by atoms with Gasteiger partial charge in [-0.25, -0.2) is 4.39 Å². The van der Waals surface area contributed by atoms with Crippen LogP contribution in [0.2, 0.25) is 0 Å². The van der Waals surface area contributed by atoms with Crippen molar-refractivity contribution < 1.29 is 9.13 Å². The van der Waals surface area contributed by atoms with Gasteiger partial charge in [0.1, 0.15) is 11.6 Å². The summed E-state index contributed by atoms with van der Waals surface area (Å²) in [6, 6.07) is 3.83.